The Morgan fingerprint density at radius 2 is 1.57 bits per heavy atom. The van der Waals surface area contributed by atoms with Gasteiger partial charge in [-0.25, -0.2) is 0 Å². The molecule has 186 valence electrons. The zero-order valence-electron chi connectivity index (χ0n) is 19.4. The van der Waals surface area contributed by atoms with E-state index in [1.807, 2.05) is 24.3 Å². The summed E-state index contributed by atoms with van der Waals surface area (Å²) in [5.41, 5.74) is 0.0289. The predicted molar refractivity (Wildman–Crippen MR) is 143 cm³/mol. The van der Waals surface area contributed by atoms with Crippen molar-refractivity contribution in [3.63, 3.8) is 0 Å². The minimum Gasteiger partial charge on any atom is -0.325 e. The third-order valence-electron chi connectivity index (χ3n) is 8.55. The number of para-hydroxylation sites is 1. The molecule has 7 rings (SSSR count). The van der Waals surface area contributed by atoms with E-state index in [9.17, 15) is 14.4 Å². The van der Waals surface area contributed by atoms with Crippen molar-refractivity contribution in [2.45, 2.75) is 29.8 Å². The Bertz CT molecular complexity index is 1560. The summed E-state index contributed by atoms with van der Waals surface area (Å²) in [7, 11) is 0. The SMILES string of the molecule is O=C(c1ccc(Cl)cc1Cl)[C@@H]1[C@]2(C(=O)Nc3ccccc32)[C@H]2CCCN2[C@]12C(=O)Nc1ccc(Cl)cc12. The Hall–Kier alpha value is -2.90. The first-order valence-electron chi connectivity index (χ1n) is 12.1. The monoisotopic (exact) mass is 551 g/mol. The second kappa shape index (κ2) is 7.81. The van der Waals surface area contributed by atoms with Crippen LogP contribution in [0.4, 0.5) is 11.4 Å². The van der Waals surface area contributed by atoms with Gasteiger partial charge < -0.3 is 10.6 Å². The van der Waals surface area contributed by atoms with Crippen molar-refractivity contribution in [2.75, 3.05) is 17.2 Å². The normalized spacial score (nSPS) is 29.4. The highest BCUT2D eigenvalue weighted by Gasteiger charge is 2.78. The van der Waals surface area contributed by atoms with E-state index in [1.54, 1.807) is 30.3 Å². The van der Waals surface area contributed by atoms with Gasteiger partial charge in [-0.3, -0.25) is 19.3 Å². The van der Waals surface area contributed by atoms with Crippen molar-refractivity contribution >= 4 is 63.8 Å². The Morgan fingerprint density at radius 1 is 0.865 bits per heavy atom. The zero-order chi connectivity index (χ0) is 25.7. The molecule has 0 radical (unpaired) electrons. The maximum atomic E-state index is 14.8. The third kappa shape index (κ3) is 2.74. The molecule has 0 bridgehead atoms. The number of halogens is 3. The van der Waals surface area contributed by atoms with Crippen LogP contribution in [0.5, 0.6) is 0 Å². The average molecular weight is 553 g/mol. The lowest BCUT2D eigenvalue weighted by molar-refractivity contribution is -0.128. The van der Waals surface area contributed by atoms with E-state index in [0.717, 1.165) is 12.0 Å². The maximum absolute atomic E-state index is 14.8. The highest BCUT2D eigenvalue weighted by atomic mass is 35.5. The van der Waals surface area contributed by atoms with Gasteiger partial charge in [0.2, 0.25) is 11.8 Å². The third-order valence-corrected chi connectivity index (χ3v) is 9.33. The van der Waals surface area contributed by atoms with Crippen LogP contribution in [-0.2, 0) is 20.5 Å². The number of carbonyl (C=O) groups is 3. The first-order valence-corrected chi connectivity index (χ1v) is 13.2. The second-order valence-electron chi connectivity index (χ2n) is 10.1. The van der Waals surface area contributed by atoms with E-state index in [4.69, 9.17) is 34.8 Å². The van der Waals surface area contributed by atoms with Crippen LogP contribution in [0.3, 0.4) is 0 Å². The second-order valence-corrected chi connectivity index (χ2v) is 11.3. The van der Waals surface area contributed by atoms with Crippen LogP contribution in [0.2, 0.25) is 15.1 Å². The van der Waals surface area contributed by atoms with Crippen molar-refractivity contribution < 1.29 is 14.4 Å². The predicted octanol–water partition coefficient (Wildman–Crippen LogP) is 5.66. The standard InChI is InChI=1S/C28H20Cl3N3O3/c29-14-8-10-21-18(12-14)28(26(37)33-21)24(23(35)16-9-7-15(30)13-19(16)31)27(22-6-3-11-34(22)28)17-4-1-2-5-20(17)32-25(27)36/h1-2,4-5,7-10,12-13,22,24H,3,6,11H2,(H,32,36)(H,33,37)/t22-,24-,27-,28+/m1/s1. The minimum absolute atomic E-state index is 0.172. The molecule has 4 atom stereocenters. The fourth-order valence-electron chi connectivity index (χ4n) is 7.36. The molecule has 4 heterocycles. The van der Waals surface area contributed by atoms with Gasteiger partial charge in [-0.2, -0.15) is 0 Å². The molecule has 37 heavy (non-hydrogen) atoms. The summed E-state index contributed by atoms with van der Waals surface area (Å²) in [5.74, 6) is -2.11. The number of fused-ring (bicyclic) bond motifs is 7. The Kier molecular flexibility index (Phi) is 4.90. The molecule has 4 aliphatic heterocycles. The van der Waals surface area contributed by atoms with Crippen LogP contribution >= 0.6 is 34.8 Å². The summed E-state index contributed by atoms with van der Waals surface area (Å²) in [6.07, 6.45) is 1.44. The van der Waals surface area contributed by atoms with Crippen LogP contribution in [0, 0.1) is 5.92 Å². The molecule has 2 amide bonds. The van der Waals surface area contributed by atoms with E-state index in [1.165, 1.54) is 6.07 Å². The number of hydrogen-bond donors (Lipinski definition) is 2. The number of rotatable bonds is 2. The first-order chi connectivity index (χ1) is 17.8. The molecule has 2 fully saturated rings. The van der Waals surface area contributed by atoms with E-state index >= 15 is 0 Å². The van der Waals surface area contributed by atoms with Gasteiger partial charge in [0.05, 0.1) is 10.9 Å². The minimum atomic E-state index is -1.45. The first kappa shape index (κ1) is 23.2. The van der Waals surface area contributed by atoms with Crippen LogP contribution in [0.15, 0.2) is 60.7 Å². The molecule has 4 aliphatic rings. The number of hydrogen-bond acceptors (Lipinski definition) is 4. The molecule has 3 aromatic rings. The molecule has 3 aromatic carbocycles. The van der Waals surface area contributed by atoms with Crippen LogP contribution in [0.25, 0.3) is 0 Å². The van der Waals surface area contributed by atoms with E-state index in [0.29, 0.717) is 39.9 Å². The summed E-state index contributed by atoms with van der Waals surface area (Å²) in [5, 5.41) is 7.03. The number of nitrogens with one attached hydrogen (secondary N) is 2. The molecule has 0 unspecified atom stereocenters. The lowest BCUT2D eigenvalue weighted by Gasteiger charge is -2.38. The number of nitrogens with zero attached hydrogens (tertiary/aromatic N) is 1. The largest absolute Gasteiger partial charge is 0.325 e. The van der Waals surface area contributed by atoms with Crippen LogP contribution in [0.1, 0.15) is 34.3 Å². The van der Waals surface area contributed by atoms with Gasteiger partial charge in [-0.15, -0.1) is 0 Å². The van der Waals surface area contributed by atoms with Gasteiger partial charge in [0.1, 0.15) is 11.0 Å². The van der Waals surface area contributed by atoms with E-state index in [2.05, 4.69) is 15.5 Å². The van der Waals surface area contributed by atoms with Crippen molar-refractivity contribution in [3.05, 3.63) is 92.4 Å². The van der Waals surface area contributed by atoms with Crippen LogP contribution < -0.4 is 10.6 Å². The maximum Gasteiger partial charge on any atom is 0.250 e. The molecule has 0 aromatic heterocycles. The number of anilines is 2. The van der Waals surface area contributed by atoms with Gasteiger partial charge in [0, 0.05) is 38.6 Å². The van der Waals surface area contributed by atoms with E-state index in [-0.39, 0.29) is 34.2 Å². The topological polar surface area (TPSA) is 78.5 Å². The molecule has 2 saturated heterocycles. The smallest absolute Gasteiger partial charge is 0.250 e. The van der Waals surface area contributed by atoms with Crippen LogP contribution in [-0.4, -0.2) is 35.1 Å². The number of benzene rings is 3. The zero-order valence-corrected chi connectivity index (χ0v) is 21.6. The number of carbonyl (C=O) groups excluding carboxylic acids is 3. The summed E-state index contributed by atoms with van der Waals surface area (Å²) >= 11 is 19.2. The molecule has 6 nitrogen and oxygen atoms in total. The van der Waals surface area contributed by atoms with Gasteiger partial charge in [-0.05, 0) is 67.4 Å². The van der Waals surface area contributed by atoms with Gasteiger partial charge in [0.25, 0.3) is 0 Å². The summed E-state index contributed by atoms with van der Waals surface area (Å²) in [6, 6.07) is 16.9. The highest BCUT2D eigenvalue weighted by Crippen LogP contribution is 2.66. The average Bonchev–Trinajstić information content (AvgIpc) is 3.58. The lowest BCUT2D eigenvalue weighted by atomic mass is 9.60. The highest BCUT2D eigenvalue weighted by molar-refractivity contribution is 6.37. The fourth-order valence-corrected chi connectivity index (χ4v) is 8.04. The fraction of sp³-hybridized carbons (Fsp3) is 0.250. The van der Waals surface area contributed by atoms with Gasteiger partial charge >= 0.3 is 0 Å². The molecule has 9 heteroatoms. The molecular formula is C28H20Cl3N3O3. The number of amides is 2. The molecular weight excluding hydrogens is 533 g/mol. The number of Topliss-reactive ketones (excluding diaryl/α,β-unsaturated/α-hetero) is 1. The van der Waals surface area contributed by atoms with Gasteiger partial charge in [0.15, 0.2) is 5.78 Å². The van der Waals surface area contributed by atoms with E-state index < -0.39 is 16.9 Å². The summed E-state index contributed by atoms with van der Waals surface area (Å²) in [6.45, 7) is 0.555. The molecule has 2 N–H and O–H groups in total. The molecule has 0 aliphatic carbocycles. The Balaban J connectivity index is 1.60. The van der Waals surface area contributed by atoms with Gasteiger partial charge in [-0.1, -0.05) is 53.0 Å². The summed E-state index contributed by atoms with van der Waals surface area (Å²) in [4.78, 5) is 45.3. The quantitative estimate of drug-likeness (QED) is 0.402. The van der Waals surface area contributed by atoms with Crippen molar-refractivity contribution in [1.29, 1.82) is 0 Å². The Morgan fingerprint density at radius 3 is 2.38 bits per heavy atom. The van der Waals surface area contributed by atoms with Crippen molar-refractivity contribution in [3.8, 4) is 0 Å². The molecule has 2 spiro atoms. The number of ketones is 1. The van der Waals surface area contributed by atoms with Crippen molar-refractivity contribution in [2.24, 2.45) is 5.92 Å². The van der Waals surface area contributed by atoms with Crippen molar-refractivity contribution in [1.82, 2.24) is 4.90 Å². The lowest BCUT2D eigenvalue weighted by Crippen LogP contribution is -2.55. The summed E-state index contributed by atoms with van der Waals surface area (Å²) < 4.78 is 0. The Labute approximate surface area is 227 Å². The molecule has 0 saturated carbocycles.